The molecule has 1 N–H and O–H groups in total. The summed E-state index contributed by atoms with van der Waals surface area (Å²) < 4.78 is 5.21. The third kappa shape index (κ3) is 4.75. The highest BCUT2D eigenvalue weighted by Gasteiger charge is 2.21. The molecular weight excluding hydrogens is 230 g/mol. The molecule has 0 saturated carbocycles. The quantitative estimate of drug-likeness (QED) is 0.896. The lowest BCUT2D eigenvalue weighted by molar-refractivity contribution is 0.0205. The minimum atomic E-state index is -0.725. The highest BCUT2D eigenvalue weighted by atomic mass is 16.6. The van der Waals surface area contributed by atoms with E-state index in [2.05, 4.69) is 6.07 Å². The lowest BCUT2D eigenvalue weighted by Crippen LogP contribution is -2.36. The molecule has 1 atom stereocenters. The summed E-state index contributed by atoms with van der Waals surface area (Å²) in [7, 11) is 1.60. The first-order valence-corrected chi connectivity index (χ1v) is 5.88. The predicted octanol–water partition coefficient (Wildman–Crippen LogP) is 2.39. The lowest BCUT2D eigenvalue weighted by atomic mass is 10.1. The van der Waals surface area contributed by atoms with Crippen molar-refractivity contribution in [3.63, 3.8) is 0 Å². The maximum atomic E-state index is 11.7. The van der Waals surface area contributed by atoms with Gasteiger partial charge in [-0.1, -0.05) is 24.3 Å². The molecule has 1 aromatic carbocycles. The van der Waals surface area contributed by atoms with Gasteiger partial charge in [0, 0.05) is 7.05 Å². The molecule has 1 rings (SSSR count). The Balaban J connectivity index is 2.55. The molecule has 0 spiro atoms. The molecule has 0 aromatic heterocycles. The number of carbonyl (C=O) groups excluding carboxylic acids is 1. The van der Waals surface area contributed by atoms with Gasteiger partial charge in [-0.2, -0.15) is 0 Å². The number of amides is 1. The number of likely N-dealkylation sites (N-methyl/N-ethyl adjacent to an activating group) is 1. The molecule has 99 valence electrons. The Morgan fingerprint density at radius 3 is 2.50 bits per heavy atom. The standard InChI is InChI=1S/C14H20NO3/c1-14(2,3)18-13(17)15(4)10-12(16)11-8-6-5-7-9-11/h6-9,12,16H,10H2,1-4H3. The highest BCUT2D eigenvalue weighted by Crippen LogP contribution is 2.15. The van der Waals surface area contributed by atoms with Crippen molar-refractivity contribution in [1.82, 2.24) is 4.90 Å². The van der Waals surface area contributed by atoms with Gasteiger partial charge in [0.2, 0.25) is 0 Å². The molecule has 1 aromatic rings. The van der Waals surface area contributed by atoms with E-state index in [1.807, 2.05) is 20.8 Å². The van der Waals surface area contributed by atoms with Gasteiger partial charge < -0.3 is 14.7 Å². The maximum absolute atomic E-state index is 11.7. The normalized spacial score (nSPS) is 12.9. The molecule has 0 saturated heterocycles. The van der Waals surface area contributed by atoms with Crippen molar-refractivity contribution in [2.45, 2.75) is 32.5 Å². The molecule has 1 amide bonds. The van der Waals surface area contributed by atoms with E-state index in [1.165, 1.54) is 4.90 Å². The number of rotatable bonds is 3. The smallest absolute Gasteiger partial charge is 0.410 e. The zero-order chi connectivity index (χ0) is 13.8. The van der Waals surface area contributed by atoms with Crippen molar-refractivity contribution in [3.05, 3.63) is 35.9 Å². The summed E-state index contributed by atoms with van der Waals surface area (Å²) in [5.41, 5.74) is 0.224. The summed E-state index contributed by atoms with van der Waals surface area (Å²) in [6, 6.07) is 9.88. The van der Waals surface area contributed by atoms with Crippen LogP contribution in [0.1, 0.15) is 32.4 Å². The van der Waals surface area contributed by atoms with Crippen LogP contribution in [-0.2, 0) is 4.74 Å². The molecule has 0 heterocycles. The second kappa shape index (κ2) is 5.87. The minimum Gasteiger partial charge on any atom is -0.444 e. The number of hydrogen-bond donors (Lipinski definition) is 1. The van der Waals surface area contributed by atoms with Crippen LogP contribution in [0.15, 0.2) is 24.3 Å². The minimum absolute atomic E-state index is 0.193. The van der Waals surface area contributed by atoms with Gasteiger partial charge in [-0.25, -0.2) is 4.79 Å². The van der Waals surface area contributed by atoms with E-state index in [9.17, 15) is 9.90 Å². The van der Waals surface area contributed by atoms with E-state index in [4.69, 9.17) is 4.74 Å². The molecule has 0 aliphatic rings. The Bertz CT molecular complexity index is 384. The third-order valence-electron chi connectivity index (χ3n) is 2.28. The SMILES string of the molecule is CN(CC(O)c1cc[c]cc1)C(=O)OC(C)(C)C. The number of aliphatic hydroxyl groups is 1. The van der Waals surface area contributed by atoms with Crippen molar-refractivity contribution in [3.8, 4) is 0 Å². The lowest BCUT2D eigenvalue weighted by Gasteiger charge is -2.26. The Hall–Kier alpha value is -1.55. The fourth-order valence-corrected chi connectivity index (χ4v) is 1.40. The van der Waals surface area contributed by atoms with Crippen LogP contribution in [0.4, 0.5) is 4.79 Å². The number of benzene rings is 1. The van der Waals surface area contributed by atoms with Crippen LogP contribution in [0.5, 0.6) is 0 Å². The van der Waals surface area contributed by atoms with Gasteiger partial charge in [0.05, 0.1) is 12.6 Å². The molecular formula is C14H20NO3. The molecule has 1 unspecified atom stereocenters. The van der Waals surface area contributed by atoms with Gasteiger partial charge in [-0.05, 0) is 32.4 Å². The van der Waals surface area contributed by atoms with Crippen LogP contribution in [0.2, 0.25) is 0 Å². The average molecular weight is 250 g/mol. The van der Waals surface area contributed by atoms with Crippen molar-refractivity contribution < 1.29 is 14.6 Å². The van der Waals surface area contributed by atoms with Gasteiger partial charge in [0.1, 0.15) is 5.60 Å². The summed E-state index contributed by atoms with van der Waals surface area (Å²) in [5.74, 6) is 0. The Labute approximate surface area is 108 Å². The molecule has 0 aliphatic heterocycles. The largest absolute Gasteiger partial charge is 0.444 e. The maximum Gasteiger partial charge on any atom is 0.410 e. The van der Waals surface area contributed by atoms with Crippen LogP contribution in [-0.4, -0.2) is 35.3 Å². The van der Waals surface area contributed by atoms with Crippen molar-refractivity contribution in [1.29, 1.82) is 0 Å². The molecule has 1 radical (unpaired) electrons. The fraction of sp³-hybridized carbons (Fsp3) is 0.500. The van der Waals surface area contributed by atoms with E-state index >= 15 is 0 Å². The zero-order valence-electron chi connectivity index (χ0n) is 11.3. The zero-order valence-corrected chi connectivity index (χ0v) is 11.3. The number of nitrogens with zero attached hydrogens (tertiary/aromatic N) is 1. The molecule has 18 heavy (non-hydrogen) atoms. The Kier molecular flexibility index (Phi) is 4.73. The summed E-state index contributed by atoms with van der Waals surface area (Å²) in [5, 5.41) is 9.97. The Morgan fingerprint density at radius 2 is 2.00 bits per heavy atom. The third-order valence-corrected chi connectivity index (χ3v) is 2.28. The van der Waals surface area contributed by atoms with Crippen molar-refractivity contribution in [2.75, 3.05) is 13.6 Å². The molecule has 0 bridgehead atoms. The van der Waals surface area contributed by atoms with E-state index in [0.29, 0.717) is 0 Å². The van der Waals surface area contributed by atoms with Gasteiger partial charge in [-0.15, -0.1) is 0 Å². The van der Waals surface area contributed by atoms with E-state index in [-0.39, 0.29) is 6.54 Å². The van der Waals surface area contributed by atoms with Gasteiger partial charge >= 0.3 is 6.09 Å². The van der Waals surface area contributed by atoms with Crippen LogP contribution in [0.25, 0.3) is 0 Å². The number of hydrogen-bond acceptors (Lipinski definition) is 3. The second-order valence-corrected chi connectivity index (χ2v) is 5.21. The average Bonchev–Trinajstić information content (AvgIpc) is 2.27. The molecule has 0 aliphatic carbocycles. The van der Waals surface area contributed by atoms with Crippen molar-refractivity contribution in [2.24, 2.45) is 0 Å². The van der Waals surface area contributed by atoms with Crippen LogP contribution >= 0.6 is 0 Å². The van der Waals surface area contributed by atoms with Crippen molar-refractivity contribution >= 4 is 6.09 Å². The topological polar surface area (TPSA) is 49.8 Å². The van der Waals surface area contributed by atoms with E-state index < -0.39 is 17.8 Å². The van der Waals surface area contributed by atoms with E-state index in [0.717, 1.165) is 5.56 Å². The number of aliphatic hydroxyl groups excluding tert-OH is 1. The molecule has 4 nitrogen and oxygen atoms in total. The van der Waals surface area contributed by atoms with Crippen LogP contribution in [0, 0.1) is 6.07 Å². The molecule has 0 fully saturated rings. The highest BCUT2D eigenvalue weighted by molar-refractivity contribution is 5.67. The van der Waals surface area contributed by atoms with E-state index in [1.54, 1.807) is 31.3 Å². The summed E-state index contributed by atoms with van der Waals surface area (Å²) >= 11 is 0. The first-order chi connectivity index (χ1) is 8.29. The first kappa shape index (κ1) is 14.5. The van der Waals surface area contributed by atoms with Crippen LogP contribution in [0.3, 0.4) is 0 Å². The first-order valence-electron chi connectivity index (χ1n) is 5.88. The van der Waals surface area contributed by atoms with Crippen LogP contribution < -0.4 is 0 Å². The summed E-state index contributed by atoms with van der Waals surface area (Å²) in [6.45, 7) is 5.62. The van der Waals surface area contributed by atoms with Gasteiger partial charge in [0.15, 0.2) is 0 Å². The monoisotopic (exact) mass is 250 g/mol. The van der Waals surface area contributed by atoms with Gasteiger partial charge in [-0.3, -0.25) is 0 Å². The predicted molar refractivity (Wildman–Crippen MR) is 69.1 cm³/mol. The summed E-state index contributed by atoms with van der Waals surface area (Å²) in [4.78, 5) is 13.1. The fourth-order valence-electron chi connectivity index (χ4n) is 1.40. The molecule has 4 heteroatoms. The second-order valence-electron chi connectivity index (χ2n) is 5.21. The number of ether oxygens (including phenoxy) is 1. The number of carbonyl (C=O) groups is 1. The van der Waals surface area contributed by atoms with Gasteiger partial charge in [0.25, 0.3) is 0 Å². The summed E-state index contributed by atoms with van der Waals surface area (Å²) in [6.07, 6.45) is -1.17. The Morgan fingerprint density at radius 1 is 1.44 bits per heavy atom.